The van der Waals surface area contributed by atoms with Crippen LogP contribution in [0.4, 0.5) is 0 Å². The van der Waals surface area contributed by atoms with Crippen LogP contribution in [-0.2, 0) is 0 Å². The van der Waals surface area contributed by atoms with E-state index in [-0.39, 0.29) is 10.7 Å². The summed E-state index contributed by atoms with van der Waals surface area (Å²) in [5, 5.41) is 8.65. The summed E-state index contributed by atoms with van der Waals surface area (Å²) in [5.74, 6) is -0.219. The minimum Gasteiger partial charge on any atom is -0.494 e. The zero-order chi connectivity index (χ0) is 6.85. The third kappa shape index (κ3) is 1.39. The quantitative estimate of drug-likeness (QED) is 0.455. The first kappa shape index (κ1) is 6.03. The molecule has 1 rings (SSSR count). The standard InChI is InChI=1S/C4H4N2O2S/c7-2-1-3(8)6-4(9)5-2/h1H,(H3,5,6,7,8,9)/i4+1. The second kappa shape index (κ2) is 2.02. The fourth-order valence-corrected chi connectivity index (χ4v) is 0.661. The number of aromatic amines is 2. The molecule has 1 aromatic rings. The molecule has 4 nitrogen and oxygen atoms in total. The molecule has 0 unspecified atom stereocenters. The number of rotatable bonds is 0. The van der Waals surface area contributed by atoms with Gasteiger partial charge in [-0.05, 0) is 12.2 Å². The largest absolute Gasteiger partial charge is 0.494 e. The zero-order valence-electron chi connectivity index (χ0n) is 4.34. The van der Waals surface area contributed by atoms with Crippen LogP contribution in [0.25, 0.3) is 0 Å². The Hall–Kier alpha value is -1.10. The summed E-state index contributed by atoms with van der Waals surface area (Å²) in [6.45, 7) is 0. The van der Waals surface area contributed by atoms with Crippen molar-refractivity contribution in [3.05, 3.63) is 21.2 Å². The van der Waals surface area contributed by atoms with Crippen molar-refractivity contribution in [2.45, 2.75) is 0 Å². The fraction of sp³-hybridized carbons (Fsp3) is 0. The van der Waals surface area contributed by atoms with Crippen molar-refractivity contribution in [3.8, 4) is 5.88 Å². The second-order valence-electron chi connectivity index (χ2n) is 1.47. The highest BCUT2D eigenvalue weighted by Gasteiger charge is 1.86. The molecule has 0 aliphatic heterocycles. The Labute approximate surface area is 55.2 Å². The topological polar surface area (TPSA) is 68.9 Å². The van der Waals surface area contributed by atoms with Gasteiger partial charge < -0.3 is 10.1 Å². The van der Waals surface area contributed by atoms with Crippen molar-refractivity contribution < 1.29 is 5.11 Å². The van der Waals surface area contributed by atoms with Gasteiger partial charge in [0.1, 0.15) is 0 Å². The van der Waals surface area contributed by atoms with Gasteiger partial charge in [-0.1, -0.05) is 0 Å². The van der Waals surface area contributed by atoms with Crippen LogP contribution in [0.2, 0.25) is 0 Å². The van der Waals surface area contributed by atoms with Gasteiger partial charge in [0.25, 0.3) is 5.56 Å². The monoisotopic (exact) mass is 145 g/mol. The number of hydrogen-bond donors (Lipinski definition) is 3. The van der Waals surface area contributed by atoms with Crippen molar-refractivity contribution >= 4 is 12.2 Å². The van der Waals surface area contributed by atoms with Gasteiger partial charge in [-0.25, -0.2) is 0 Å². The Morgan fingerprint density at radius 2 is 2.22 bits per heavy atom. The molecule has 0 atom stereocenters. The van der Waals surface area contributed by atoms with Crippen LogP contribution in [0.5, 0.6) is 5.88 Å². The normalized spacial score (nSPS) is 9.33. The molecule has 1 aromatic heterocycles. The molecule has 0 saturated carbocycles. The highest BCUT2D eigenvalue weighted by Crippen LogP contribution is 1.92. The van der Waals surface area contributed by atoms with Crippen molar-refractivity contribution in [2.75, 3.05) is 0 Å². The Morgan fingerprint density at radius 3 is 2.67 bits per heavy atom. The highest BCUT2D eigenvalue weighted by atomic mass is 32.1. The molecular formula is C4H4N2O2S. The number of H-pyrrole nitrogens is 2. The van der Waals surface area contributed by atoms with Gasteiger partial charge in [0, 0.05) is 0 Å². The third-order valence-electron chi connectivity index (χ3n) is 0.746. The maximum Gasteiger partial charge on any atom is 0.255 e. The van der Waals surface area contributed by atoms with Crippen LogP contribution in [0.3, 0.4) is 0 Å². The van der Waals surface area contributed by atoms with E-state index in [1.165, 1.54) is 0 Å². The van der Waals surface area contributed by atoms with Gasteiger partial charge in [0.05, 0.1) is 6.07 Å². The van der Waals surface area contributed by atoms with Crippen molar-refractivity contribution in [3.63, 3.8) is 0 Å². The Balaban J connectivity index is 3.52. The maximum atomic E-state index is 10.4. The molecule has 0 spiro atoms. The molecule has 0 amide bonds. The van der Waals surface area contributed by atoms with E-state index < -0.39 is 5.56 Å². The van der Waals surface area contributed by atoms with Crippen molar-refractivity contribution in [2.24, 2.45) is 0 Å². The van der Waals surface area contributed by atoms with Gasteiger partial charge in [-0.3, -0.25) is 9.78 Å². The van der Waals surface area contributed by atoms with Gasteiger partial charge in [0.15, 0.2) is 10.7 Å². The summed E-state index contributed by atoms with van der Waals surface area (Å²) in [5.41, 5.74) is -0.406. The van der Waals surface area contributed by atoms with Crippen molar-refractivity contribution in [1.29, 1.82) is 0 Å². The smallest absolute Gasteiger partial charge is 0.255 e. The van der Waals surface area contributed by atoms with Crippen LogP contribution in [0.1, 0.15) is 0 Å². The Morgan fingerprint density at radius 1 is 1.56 bits per heavy atom. The van der Waals surface area contributed by atoms with Gasteiger partial charge in [-0.15, -0.1) is 0 Å². The van der Waals surface area contributed by atoms with E-state index in [1.807, 2.05) is 0 Å². The molecule has 0 aliphatic rings. The minimum absolute atomic E-state index is 0.125. The first-order chi connectivity index (χ1) is 4.18. The molecule has 48 valence electrons. The van der Waals surface area contributed by atoms with Crippen LogP contribution >= 0.6 is 12.2 Å². The lowest BCUT2D eigenvalue weighted by molar-refractivity contribution is 0.450. The third-order valence-corrected chi connectivity index (χ3v) is 0.950. The number of nitrogens with one attached hydrogen (secondary N) is 2. The van der Waals surface area contributed by atoms with Crippen LogP contribution < -0.4 is 5.56 Å². The van der Waals surface area contributed by atoms with E-state index in [0.717, 1.165) is 6.07 Å². The molecule has 0 aliphatic carbocycles. The van der Waals surface area contributed by atoms with Crippen LogP contribution in [-0.4, -0.2) is 15.1 Å². The molecule has 9 heavy (non-hydrogen) atoms. The summed E-state index contributed by atoms with van der Waals surface area (Å²) in [7, 11) is 0. The van der Waals surface area contributed by atoms with E-state index >= 15 is 0 Å². The van der Waals surface area contributed by atoms with Gasteiger partial charge >= 0.3 is 0 Å². The van der Waals surface area contributed by atoms with Crippen LogP contribution in [0, 0.1) is 4.77 Å². The Kier molecular flexibility index (Phi) is 1.35. The van der Waals surface area contributed by atoms with E-state index in [2.05, 4.69) is 22.2 Å². The van der Waals surface area contributed by atoms with E-state index in [1.54, 1.807) is 0 Å². The number of aromatic nitrogens is 2. The molecule has 0 fully saturated rings. The van der Waals surface area contributed by atoms with E-state index in [4.69, 9.17) is 5.11 Å². The minimum atomic E-state index is -0.406. The SMILES string of the molecule is O=c1cc(O)[nH][13c](=S)[nH]1. The van der Waals surface area contributed by atoms with E-state index in [0.29, 0.717) is 0 Å². The summed E-state index contributed by atoms with van der Waals surface area (Å²) in [6.07, 6.45) is 0. The van der Waals surface area contributed by atoms with Gasteiger partial charge in [-0.2, -0.15) is 0 Å². The average Bonchev–Trinajstić information content (AvgIpc) is 1.59. The number of aromatic hydroxyl groups is 1. The second-order valence-corrected chi connectivity index (χ2v) is 1.88. The molecule has 1 heterocycles. The first-order valence-corrected chi connectivity index (χ1v) is 2.62. The highest BCUT2D eigenvalue weighted by molar-refractivity contribution is 7.71. The summed E-state index contributed by atoms with van der Waals surface area (Å²) < 4.78 is 0.125. The van der Waals surface area contributed by atoms with E-state index in [9.17, 15) is 4.79 Å². The summed E-state index contributed by atoms with van der Waals surface area (Å²) in [4.78, 5) is 15.0. The molecule has 0 radical (unpaired) electrons. The summed E-state index contributed by atoms with van der Waals surface area (Å²) >= 11 is 4.52. The predicted octanol–water partition coefficient (Wildman–Crippen LogP) is 0.138. The molecule has 3 N–H and O–H groups in total. The average molecular weight is 145 g/mol. The Bertz CT molecular complexity index is 285. The summed E-state index contributed by atoms with van der Waals surface area (Å²) in [6, 6.07) is 1.01. The molecule has 0 aromatic carbocycles. The van der Waals surface area contributed by atoms with Crippen molar-refractivity contribution in [1.82, 2.24) is 9.97 Å². The lowest BCUT2D eigenvalue weighted by atomic mass is 10.7. The fourth-order valence-electron chi connectivity index (χ4n) is 0.456. The first-order valence-electron chi connectivity index (χ1n) is 2.21. The number of hydrogen-bond acceptors (Lipinski definition) is 3. The lowest BCUT2D eigenvalue weighted by Gasteiger charge is -1.86. The zero-order valence-corrected chi connectivity index (χ0v) is 5.16. The van der Waals surface area contributed by atoms with Crippen LogP contribution in [0.15, 0.2) is 10.9 Å². The maximum absolute atomic E-state index is 10.4. The lowest BCUT2D eigenvalue weighted by Crippen LogP contribution is -2.03. The van der Waals surface area contributed by atoms with Gasteiger partial charge in [0.2, 0.25) is 0 Å². The molecule has 0 saturated heterocycles. The molecule has 5 heteroatoms. The molecule has 0 bridgehead atoms. The molecular weight excluding hydrogens is 141 g/mol. The predicted molar refractivity (Wildman–Crippen MR) is 33.9 cm³/mol.